The van der Waals surface area contributed by atoms with E-state index in [2.05, 4.69) is 168 Å². The first-order valence-electron chi connectivity index (χ1n) is 17.0. The predicted molar refractivity (Wildman–Crippen MR) is 200 cm³/mol. The van der Waals surface area contributed by atoms with Crippen molar-refractivity contribution in [3.8, 4) is 0 Å². The summed E-state index contributed by atoms with van der Waals surface area (Å²) >= 11 is 1.54. The molecular formula is C45H52Zr. The molecule has 0 radical (unpaired) electrons. The molecule has 0 nitrogen and oxygen atoms in total. The topological polar surface area (TPSA) is 0 Å². The van der Waals surface area contributed by atoms with Crippen LogP contribution in [-0.2, 0) is 35.1 Å². The van der Waals surface area contributed by atoms with Gasteiger partial charge >= 0.3 is 76.7 Å². The van der Waals surface area contributed by atoms with Crippen LogP contribution in [0.15, 0.2) is 90.0 Å². The van der Waals surface area contributed by atoms with Gasteiger partial charge in [0.25, 0.3) is 0 Å². The van der Waals surface area contributed by atoms with Gasteiger partial charge < -0.3 is 0 Å². The molecule has 3 aliphatic rings. The van der Waals surface area contributed by atoms with Crippen LogP contribution in [0.5, 0.6) is 0 Å². The summed E-state index contributed by atoms with van der Waals surface area (Å²) in [7, 11) is 0. The van der Waals surface area contributed by atoms with Gasteiger partial charge in [-0.1, -0.05) is 109 Å². The fraction of sp³-hybridized carbons (Fsp3) is 0.378. The van der Waals surface area contributed by atoms with Crippen molar-refractivity contribution in [1.82, 2.24) is 0 Å². The Bertz CT molecular complexity index is 1850. The molecule has 0 amide bonds. The standard InChI is InChI=1S/C25H25.C11H17.C9H10.Zr/c1-14-12-24(3,4)22-8-16-7-17-9-23-19(15(2)13-25(23,5)6)11-21(17)20(16)10-18(14)22;1-8-6-9(2)10(7-8)11(3,4)5;1-2-6-9-7-4-3-5-8-9;/h7-13H,1-6H3;7-8H,1-5H3;3-5,7-8H,2H2,1H3;/q2*-1;;+2. The van der Waals surface area contributed by atoms with E-state index in [1.807, 2.05) is 0 Å². The summed E-state index contributed by atoms with van der Waals surface area (Å²) in [6.07, 6.45) is 11.7. The Labute approximate surface area is 294 Å². The first-order chi connectivity index (χ1) is 21.4. The number of hydrogen-bond acceptors (Lipinski definition) is 0. The van der Waals surface area contributed by atoms with Crippen molar-refractivity contribution in [3.63, 3.8) is 0 Å². The van der Waals surface area contributed by atoms with E-state index in [1.54, 1.807) is 3.21 Å². The molecule has 0 heterocycles. The van der Waals surface area contributed by atoms with Gasteiger partial charge in [0.05, 0.1) is 0 Å². The molecule has 0 fully saturated rings. The molecule has 1 unspecified atom stereocenters. The van der Waals surface area contributed by atoms with Gasteiger partial charge in [-0.3, -0.25) is 6.08 Å². The second kappa shape index (κ2) is 12.7. The van der Waals surface area contributed by atoms with Gasteiger partial charge in [0.15, 0.2) is 0 Å². The predicted octanol–water partition coefficient (Wildman–Crippen LogP) is 12.6. The number of benzene rings is 3. The molecular weight excluding hydrogens is 632 g/mol. The summed E-state index contributed by atoms with van der Waals surface area (Å²) in [6.45, 7) is 27.1. The molecule has 1 atom stereocenters. The summed E-state index contributed by atoms with van der Waals surface area (Å²) in [6, 6.07) is 22.7. The molecule has 0 aromatic heterocycles. The molecule has 4 aromatic rings. The number of fused-ring (bicyclic) bond motifs is 5. The van der Waals surface area contributed by atoms with Crippen molar-refractivity contribution in [2.75, 3.05) is 0 Å². The third kappa shape index (κ3) is 6.78. The Morgan fingerprint density at radius 2 is 1.28 bits per heavy atom. The Balaban J connectivity index is 0.000000164. The van der Waals surface area contributed by atoms with Crippen molar-refractivity contribution < 1.29 is 24.2 Å². The second-order valence-corrected chi connectivity index (χ2v) is 17.3. The van der Waals surface area contributed by atoms with Crippen molar-refractivity contribution in [1.29, 1.82) is 0 Å². The maximum absolute atomic E-state index is 3.40. The minimum absolute atomic E-state index is 0.139. The van der Waals surface area contributed by atoms with Gasteiger partial charge in [0.2, 0.25) is 0 Å². The molecule has 4 aromatic carbocycles. The quantitative estimate of drug-likeness (QED) is 0.185. The Hall–Kier alpha value is -2.76. The second-order valence-electron chi connectivity index (χ2n) is 15.8. The molecule has 0 bridgehead atoms. The summed E-state index contributed by atoms with van der Waals surface area (Å²) in [4.78, 5) is 0. The van der Waals surface area contributed by atoms with Crippen LogP contribution in [0.1, 0.15) is 117 Å². The normalized spacial score (nSPS) is 18.9. The van der Waals surface area contributed by atoms with E-state index in [4.69, 9.17) is 0 Å². The molecule has 0 N–H and O–H groups in total. The van der Waals surface area contributed by atoms with E-state index < -0.39 is 0 Å². The van der Waals surface area contributed by atoms with Crippen molar-refractivity contribution in [3.05, 3.63) is 124 Å². The summed E-state index contributed by atoms with van der Waals surface area (Å²) < 4.78 is 1.55. The van der Waals surface area contributed by atoms with Crippen LogP contribution in [0, 0.1) is 17.4 Å². The maximum atomic E-state index is 3.40. The van der Waals surface area contributed by atoms with Crippen LogP contribution >= 0.6 is 0 Å². The zero-order valence-corrected chi connectivity index (χ0v) is 32.7. The van der Waals surface area contributed by atoms with Crippen molar-refractivity contribution >= 4 is 35.9 Å². The van der Waals surface area contributed by atoms with Gasteiger partial charge in [0.1, 0.15) is 0 Å². The summed E-state index contributed by atoms with van der Waals surface area (Å²) in [5.41, 5.74) is 13.4. The summed E-state index contributed by atoms with van der Waals surface area (Å²) in [5.74, 6) is 0.518. The zero-order chi connectivity index (χ0) is 33.8. The van der Waals surface area contributed by atoms with Crippen LogP contribution in [0.4, 0.5) is 0 Å². The van der Waals surface area contributed by atoms with E-state index in [1.165, 1.54) is 102 Å². The van der Waals surface area contributed by atoms with E-state index >= 15 is 0 Å². The van der Waals surface area contributed by atoms with Crippen molar-refractivity contribution in [2.24, 2.45) is 11.3 Å². The summed E-state index contributed by atoms with van der Waals surface area (Å²) in [5, 5.41) is 5.57. The monoisotopic (exact) mass is 682 g/mol. The minimum atomic E-state index is 0.139. The van der Waals surface area contributed by atoms with Gasteiger partial charge in [0, 0.05) is 10.8 Å². The van der Waals surface area contributed by atoms with Crippen molar-refractivity contribution in [2.45, 2.75) is 100 Å². The van der Waals surface area contributed by atoms with Gasteiger partial charge in [-0.25, -0.2) is 5.57 Å². The number of allylic oxidation sites excluding steroid dienone is 8. The number of hydrogen-bond donors (Lipinski definition) is 0. The zero-order valence-electron chi connectivity index (χ0n) is 30.3. The first kappa shape index (κ1) is 34.6. The average molecular weight is 684 g/mol. The van der Waals surface area contributed by atoms with E-state index in [9.17, 15) is 0 Å². The van der Waals surface area contributed by atoms with Crippen LogP contribution in [-0.4, -0.2) is 3.21 Å². The SMILES string of the molecule is CC1=CC(C)(C)c2cc3[cH-]c4cc5c(cc4c3cc21)C(C)=CC5(C)C.CC1=[C-]C(C)C=C1C(C)(C)C.CC[C](=[Zr+2])c1ccccc1. The molecule has 7 rings (SSSR count). The van der Waals surface area contributed by atoms with Crippen LogP contribution in [0.3, 0.4) is 0 Å². The van der Waals surface area contributed by atoms with E-state index in [-0.39, 0.29) is 10.8 Å². The molecule has 0 spiro atoms. The van der Waals surface area contributed by atoms with Crippen LogP contribution < -0.4 is 0 Å². The molecule has 0 saturated carbocycles. The van der Waals surface area contributed by atoms with Crippen LogP contribution in [0.25, 0.3) is 32.7 Å². The Kier molecular flexibility index (Phi) is 9.54. The van der Waals surface area contributed by atoms with E-state index in [0.29, 0.717) is 11.3 Å². The van der Waals surface area contributed by atoms with Gasteiger partial charge in [-0.15, -0.1) is 39.7 Å². The Morgan fingerprint density at radius 1 is 0.804 bits per heavy atom. The third-order valence-corrected chi connectivity index (χ3v) is 11.5. The molecule has 1 heteroatoms. The molecule has 236 valence electrons. The van der Waals surface area contributed by atoms with E-state index in [0.717, 1.165) is 0 Å². The molecule has 46 heavy (non-hydrogen) atoms. The number of rotatable bonds is 2. The molecule has 3 aliphatic carbocycles. The fourth-order valence-corrected chi connectivity index (χ4v) is 8.12. The molecule has 0 saturated heterocycles. The molecule has 0 aliphatic heterocycles. The fourth-order valence-electron chi connectivity index (χ4n) is 7.71. The Morgan fingerprint density at radius 3 is 1.65 bits per heavy atom. The third-order valence-electron chi connectivity index (χ3n) is 9.92. The van der Waals surface area contributed by atoms with Gasteiger partial charge in [-0.05, 0) is 36.1 Å². The average Bonchev–Trinajstić information content (AvgIpc) is 3.65. The first-order valence-corrected chi connectivity index (χ1v) is 18.2. The van der Waals surface area contributed by atoms with Crippen LogP contribution in [0.2, 0.25) is 0 Å². The van der Waals surface area contributed by atoms with Gasteiger partial charge in [-0.2, -0.15) is 11.6 Å².